The summed E-state index contributed by atoms with van der Waals surface area (Å²) in [5.41, 5.74) is 7.28. The number of hydrogen-bond acceptors (Lipinski definition) is 3. The lowest BCUT2D eigenvalue weighted by atomic mass is 9.98. The maximum Gasteiger partial charge on any atom is 0.335 e. The lowest BCUT2D eigenvalue weighted by molar-refractivity contribution is 0.0697. The van der Waals surface area contributed by atoms with Gasteiger partial charge in [-0.2, -0.15) is 0 Å². The normalized spacial score (nSPS) is 12.5. The van der Waals surface area contributed by atoms with Crippen molar-refractivity contribution in [1.29, 1.82) is 0 Å². The third kappa shape index (κ3) is 3.66. The summed E-state index contributed by atoms with van der Waals surface area (Å²) in [5, 5.41) is 12.1. The minimum atomic E-state index is -0.959. The Bertz CT molecular complexity index is 402. The molecule has 0 aliphatic carbocycles. The van der Waals surface area contributed by atoms with Crippen LogP contribution in [0.15, 0.2) is 18.2 Å². The van der Waals surface area contributed by atoms with E-state index in [2.05, 4.69) is 26.1 Å². The number of nitrogens with two attached hydrogens (primary N) is 1. The van der Waals surface area contributed by atoms with E-state index in [1.165, 1.54) is 6.07 Å². The third-order valence-electron chi connectivity index (χ3n) is 3.05. The maximum absolute atomic E-state index is 10.7. The van der Waals surface area contributed by atoms with Gasteiger partial charge in [0.2, 0.25) is 0 Å². The summed E-state index contributed by atoms with van der Waals surface area (Å²) in [7, 11) is 0. The maximum atomic E-state index is 10.7. The topological polar surface area (TPSA) is 75.3 Å². The van der Waals surface area contributed by atoms with Gasteiger partial charge in [-0.1, -0.05) is 20.8 Å². The fraction of sp³-hybridized carbons (Fsp3) is 0.462. The highest BCUT2D eigenvalue weighted by Gasteiger charge is 2.09. The molecule has 0 saturated carbocycles. The van der Waals surface area contributed by atoms with Crippen LogP contribution < -0.4 is 11.1 Å². The number of nitrogens with one attached hydrogen (secondary N) is 1. The first kappa shape index (κ1) is 13.4. The predicted molar refractivity (Wildman–Crippen MR) is 70.3 cm³/mol. The van der Waals surface area contributed by atoms with Crippen LogP contribution in [0.25, 0.3) is 0 Å². The molecule has 1 atom stereocenters. The average Bonchev–Trinajstić information content (AvgIpc) is 2.26. The van der Waals surface area contributed by atoms with Gasteiger partial charge in [-0.3, -0.25) is 0 Å². The molecule has 0 bridgehead atoms. The summed E-state index contributed by atoms with van der Waals surface area (Å²) in [4.78, 5) is 10.7. The first-order valence-electron chi connectivity index (χ1n) is 5.78. The van der Waals surface area contributed by atoms with Gasteiger partial charge in [-0.05, 0) is 30.0 Å². The largest absolute Gasteiger partial charge is 0.478 e. The van der Waals surface area contributed by atoms with Crippen LogP contribution in [0.1, 0.15) is 31.1 Å². The van der Waals surface area contributed by atoms with Crippen molar-refractivity contribution in [3.63, 3.8) is 0 Å². The van der Waals surface area contributed by atoms with E-state index < -0.39 is 5.97 Å². The molecule has 17 heavy (non-hydrogen) atoms. The van der Waals surface area contributed by atoms with Gasteiger partial charge in [0.25, 0.3) is 0 Å². The minimum absolute atomic E-state index is 0.213. The smallest absolute Gasteiger partial charge is 0.335 e. The number of aromatic carboxylic acids is 1. The van der Waals surface area contributed by atoms with Crippen molar-refractivity contribution in [2.75, 3.05) is 17.6 Å². The number of rotatable bonds is 5. The zero-order chi connectivity index (χ0) is 13.0. The summed E-state index contributed by atoms with van der Waals surface area (Å²) < 4.78 is 0. The molecule has 0 aliphatic heterocycles. The van der Waals surface area contributed by atoms with Gasteiger partial charge in [-0.25, -0.2) is 4.79 Å². The van der Waals surface area contributed by atoms with Crippen LogP contribution in [0.4, 0.5) is 11.4 Å². The van der Waals surface area contributed by atoms with Crippen LogP contribution in [0.2, 0.25) is 0 Å². The van der Waals surface area contributed by atoms with E-state index in [9.17, 15) is 4.79 Å². The summed E-state index contributed by atoms with van der Waals surface area (Å²) >= 11 is 0. The molecule has 0 heterocycles. The molecule has 0 radical (unpaired) electrons. The molecule has 0 aromatic heterocycles. The minimum Gasteiger partial charge on any atom is -0.478 e. The molecule has 0 spiro atoms. The van der Waals surface area contributed by atoms with E-state index in [0.717, 1.165) is 12.2 Å². The molecule has 1 aromatic rings. The average molecular weight is 236 g/mol. The summed E-state index contributed by atoms with van der Waals surface area (Å²) in [6.45, 7) is 7.33. The van der Waals surface area contributed by atoms with Gasteiger partial charge in [0, 0.05) is 6.54 Å². The highest BCUT2D eigenvalue weighted by molar-refractivity contribution is 5.90. The van der Waals surface area contributed by atoms with Crippen LogP contribution >= 0.6 is 0 Å². The van der Waals surface area contributed by atoms with E-state index in [1.807, 2.05) is 0 Å². The second-order valence-corrected chi connectivity index (χ2v) is 4.71. The fourth-order valence-electron chi connectivity index (χ4n) is 1.36. The Morgan fingerprint density at radius 2 is 2.06 bits per heavy atom. The van der Waals surface area contributed by atoms with Crippen molar-refractivity contribution < 1.29 is 9.90 Å². The second-order valence-electron chi connectivity index (χ2n) is 4.71. The van der Waals surface area contributed by atoms with Crippen molar-refractivity contribution in [2.24, 2.45) is 11.8 Å². The Balaban J connectivity index is 2.70. The van der Waals surface area contributed by atoms with Crippen LogP contribution in [-0.4, -0.2) is 17.6 Å². The van der Waals surface area contributed by atoms with E-state index in [0.29, 0.717) is 17.5 Å². The Morgan fingerprint density at radius 3 is 2.53 bits per heavy atom. The summed E-state index contributed by atoms with van der Waals surface area (Å²) in [6.07, 6.45) is 0. The molecular formula is C13H20N2O2. The molecule has 0 aliphatic rings. The number of nitrogen functional groups attached to an aromatic ring is 1. The number of carboxylic acid groups (broad SMARTS) is 1. The second kappa shape index (κ2) is 5.57. The molecular weight excluding hydrogens is 216 g/mol. The van der Waals surface area contributed by atoms with Crippen molar-refractivity contribution in [1.82, 2.24) is 0 Å². The lowest BCUT2D eigenvalue weighted by Crippen LogP contribution is -2.17. The third-order valence-corrected chi connectivity index (χ3v) is 3.05. The van der Waals surface area contributed by atoms with Gasteiger partial charge in [0.1, 0.15) is 0 Å². The standard InChI is InChI=1S/C13H20N2O2/c1-8(2)9(3)7-15-12-5-4-10(13(16)17)6-11(12)14/h4-6,8-9,15H,7,14H2,1-3H3,(H,16,17). The van der Waals surface area contributed by atoms with Gasteiger partial charge in [0.15, 0.2) is 0 Å². The molecule has 4 heteroatoms. The molecule has 4 N–H and O–H groups in total. The Kier molecular flexibility index (Phi) is 4.37. The molecule has 0 fully saturated rings. The quantitative estimate of drug-likeness (QED) is 0.687. The first-order valence-corrected chi connectivity index (χ1v) is 5.78. The van der Waals surface area contributed by atoms with Gasteiger partial charge in [0.05, 0.1) is 16.9 Å². The van der Waals surface area contributed by atoms with Gasteiger partial charge in [-0.15, -0.1) is 0 Å². The number of anilines is 2. The van der Waals surface area contributed by atoms with Crippen LogP contribution in [-0.2, 0) is 0 Å². The highest BCUT2D eigenvalue weighted by Crippen LogP contribution is 2.21. The van der Waals surface area contributed by atoms with Gasteiger partial charge >= 0.3 is 5.97 Å². The van der Waals surface area contributed by atoms with E-state index >= 15 is 0 Å². The molecule has 0 saturated heterocycles. The first-order chi connectivity index (χ1) is 7.91. The predicted octanol–water partition coefficient (Wildman–Crippen LogP) is 2.67. The van der Waals surface area contributed by atoms with Crippen LogP contribution in [0.3, 0.4) is 0 Å². The molecule has 0 amide bonds. The van der Waals surface area contributed by atoms with Crippen molar-refractivity contribution in [2.45, 2.75) is 20.8 Å². The number of carboxylic acids is 1. The van der Waals surface area contributed by atoms with Crippen molar-refractivity contribution in [3.05, 3.63) is 23.8 Å². The number of hydrogen-bond donors (Lipinski definition) is 3. The Hall–Kier alpha value is -1.71. The van der Waals surface area contributed by atoms with Gasteiger partial charge < -0.3 is 16.2 Å². The SMILES string of the molecule is CC(C)C(C)CNc1ccc(C(=O)O)cc1N. The monoisotopic (exact) mass is 236 g/mol. The molecule has 1 rings (SSSR count). The van der Waals surface area contributed by atoms with Crippen LogP contribution in [0.5, 0.6) is 0 Å². The number of benzene rings is 1. The molecule has 4 nitrogen and oxygen atoms in total. The summed E-state index contributed by atoms with van der Waals surface area (Å²) in [6, 6.07) is 4.75. The van der Waals surface area contributed by atoms with E-state index in [1.54, 1.807) is 12.1 Å². The lowest BCUT2D eigenvalue weighted by Gasteiger charge is -2.18. The Labute approximate surface area is 102 Å². The zero-order valence-corrected chi connectivity index (χ0v) is 10.5. The van der Waals surface area contributed by atoms with Crippen molar-refractivity contribution in [3.8, 4) is 0 Å². The zero-order valence-electron chi connectivity index (χ0n) is 10.5. The Morgan fingerprint density at radius 1 is 1.41 bits per heavy atom. The molecule has 1 unspecified atom stereocenters. The molecule has 1 aromatic carbocycles. The van der Waals surface area contributed by atoms with E-state index in [-0.39, 0.29) is 5.56 Å². The molecule has 94 valence electrons. The number of carbonyl (C=O) groups is 1. The van der Waals surface area contributed by atoms with Crippen LogP contribution in [0, 0.1) is 11.8 Å². The van der Waals surface area contributed by atoms with E-state index in [4.69, 9.17) is 10.8 Å². The van der Waals surface area contributed by atoms with Crippen molar-refractivity contribution >= 4 is 17.3 Å². The summed E-state index contributed by atoms with van der Waals surface area (Å²) in [5.74, 6) is 0.175. The fourth-order valence-corrected chi connectivity index (χ4v) is 1.36. The highest BCUT2D eigenvalue weighted by atomic mass is 16.4.